The molecule has 4 unspecified atom stereocenters. The molecule has 2 aliphatic rings. The molecule has 0 radical (unpaired) electrons. The van der Waals surface area contributed by atoms with E-state index in [1.807, 2.05) is 0 Å². The molecular formula is C11H22N2. The van der Waals surface area contributed by atoms with Crippen molar-refractivity contribution in [2.75, 3.05) is 19.6 Å². The van der Waals surface area contributed by atoms with E-state index in [2.05, 4.69) is 31.0 Å². The Hall–Kier alpha value is -0.0800. The number of fused-ring (bicyclic) bond motifs is 1. The van der Waals surface area contributed by atoms with Gasteiger partial charge in [-0.1, -0.05) is 6.92 Å². The largest absolute Gasteiger partial charge is 0.316 e. The van der Waals surface area contributed by atoms with Crippen molar-refractivity contribution in [2.24, 2.45) is 11.8 Å². The van der Waals surface area contributed by atoms with Crippen LogP contribution in [0.2, 0.25) is 0 Å². The topological polar surface area (TPSA) is 15.3 Å². The number of nitrogens with one attached hydrogen (secondary N) is 1. The van der Waals surface area contributed by atoms with Gasteiger partial charge in [0.1, 0.15) is 0 Å². The molecule has 0 spiro atoms. The van der Waals surface area contributed by atoms with Gasteiger partial charge in [-0.25, -0.2) is 0 Å². The van der Waals surface area contributed by atoms with E-state index >= 15 is 0 Å². The summed E-state index contributed by atoms with van der Waals surface area (Å²) in [4.78, 5) is 2.70. The lowest BCUT2D eigenvalue weighted by molar-refractivity contribution is 0.177. The Morgan fingerprint density at radius 3 is 2.85 bits per heavy atom. The summed E-state index contributed by atoms with van der Waals surface area (Å²) in [6.45, 7) is 10.9. The van der Waals surface area contributed by atoms with Crippen LogP contribution in [0.15, 0.2) is 0 Å². The highest BCUT2D eigenvalue weighted by molar-refractivity contribution is 4.97. The van der Waals surface area contributed by atoms with E-state index < -0.39 is 0 Å². The van der Waals surface area contributed by atoms with Crippen LogP contribution in [-0.2, 0) is 0 Å². The van der Waals surface area contributed by atoms with E-state index in [9.17, 15) is 0 Å². The van der Waals surface area contributed by atoms with E-state index in [0.717, 1.165) is 23.9 Å². The van der Waals surface area contributed by atoms with Gasteiger partial charge in [0.2, 0.25) is 0 Å². The summed E-state index contributed by atoms with van der Waals surface area (Å²) >= 11 is 0. The second-order valence-electron chi connectivity index (χ2n) is 4.78. The standard InChI is InChI=1S/C11H22N2/c1-4-8(2)13-7-10-5-12-6-11(10)9(13)3/h8-12H,4-7H2,1-3H3. The predicted molar refractivity (Wildman–Crippen MR) is 55.8 cm³/mol. The third-order valence-electron chi connectivity index (χ3n) is 4.14. The molecule has 2 saturated heterocycles. The Morgan fingerprint density at radius 1 is 1.46 bits per heavy atom. The fourth-order valence-corrected chi connectivity index (χ4v) is 3.02. The second-order valence-corrected chi connectivity index (χ2v) is 4.78. The molecule has 0 aromatic carbocycles. The maximum Gasteiger partial charge on any atom is 0.0114 e. The molecule has 0 bridgehead atoms. The molecule has 13 heavy (non-hydrogen) atoms. The summed E-state index contributed by atoms with van der Waals surface area (Å²) in [6, 6.07) is 1.58. The zero-order chi connectivity index (χ0) is 9.42. The van der Waals surface area contributed by atoms with Crippen molar-refractivity contribution in [1.29, 1.82) is 0 Å². The first-order chi connectivity index (χ1) is 6.24. The number of nitrogens with zero attached hydrogens (tertiary/aromatic N) is 1. The lowest BCUT2D eigenvalue weighted by Gasteiger charge is -2.29. The van der Waals surface area contributed by atoms with Crippen LogP contribution in [-0.4, -0.2) is 36.6 Å². The van der Waals surface area contributed by atoms with Crippen molar-refractivity contribution in [3.8, 4) is 0 Å². The normalized spacial score (nSPS) is 42.2. The summed E-state index contributed by atoms with van der Waals surface area (Å²) in [6.07, 6.45) is 1.29. The van der Waals surface area contributed by atoms with E-state index in [1.165, 1.54) is 26.1 Å². The Balaban J connectivity index is 2.01. The Morgan fingerprint density at radius 2 is 2.23 bits per heavy atom. The molecule has 2 aliphatic heterocycles. The van der Waals surface area contributed by atoms with Crippen molar-refractivity contribution >= 4 is 0 Å². The van der Waals surface area contributed by atoms with Gasteiger partial charge in [-0.15, -0.1) is 0 Å². The van der Waals surface area contributed by atoms with Crippen molar-refractivity contribution in [3.05, 3.63) is 0 Å². The first-order valence-electron chi connectivity index (χ1n) is 5.70. The monoisotopic (exact) mass is 182 g/mol. The molecule has 0 aliphatic carbocycles. The van der Waals surface area contributed by atoms with E-state index in [-0.39, 0.29) is 0 Å². The maximum atomic E-state index is 3.51. The summed E-state index contributed by atoms with van der Waals surface area (Å²) in [5, 5.41) is 3.51. The maximum absolute atomic E-state index is 3.51. The van der Waals surface area contributed by atoms with Crippen LogP contribution in [0.4, 0.5) is 0 Å². The van der Waals surface area contributed by atoms with Gasteiger partial charge in [-0.3, -0.25) is 4.90 Å². The van der Waals surface area contributed by atoms with Crippen molar-refractivity contribution in [1.82, 2.24) is 10.2 Å². The molecule has 1 N–H and O–H groups in total. The average molecular weight is 182 g/mol. The van der Waals surface area contributed by atoms with Crippen molar-refractivity contribution in [3.63, 3.8) is 0 Å². The van der Waals surface area contributed by atoms with Gasteiger partial charge in [0.25, 0.3) is 0 Å². The van der Waals surface area contributed by atoms with Crippen LogP contribution in [0.25, 0.3) is 0 Å². The summed E-state index contributed by atoms with van der Waals surface area (Å²) in [7, 11) is 0. The second kappa shape index (κ2) is 3.58. The zero-order valence-corrected chi connectivity index (χ0v) is 9.09. The highest BCUT2D eigenvalue weighted by Crippen LogP contribution is 2.33. The highest BCUT2D eigenvalue weighted by Gasteiger charge is 2.42. The number of hydrogen-bond donors (Lipinski definition) is 1. The lowest BCUT2D eigenvalue weighted by atomic mass is 9.95. The fraction of sp³-hybridized carbons (Fsp3) is 1.00. The highest BCUT2D eigenvalue weighted by atomic mass is 15.2. The fourth-order valence-electron chi connectivity index (χ4n) is 3.02. The Bertz CT molecular complexity index is 181. The molecule has 0 aromatic rings. The molecular weight excluding hydrogens is 160 g/mol. The first kappa shape index (κ1) is 9.47. The number of rotatable bonds is 2. The smallest absolute Gasteiger partial charge is 0.0114 e. The molecule has 4 atom stereocenters. The number of hydrogen-bond acceptors (Lipinski definition) is 2. The van der Waals surface area contributed by atoms with E-state index in [1.54, 1.807) is 0 Å². The molecule has 0 saturated carbocycles. The molecule has 2 heterocycles. The van der Waals surface area contributed by atoms with Crippen molar-refractivity contribution < 1.29 is 0 Å². The van der Waals surface area contributed by atoms with E-state index in [4.69, 9.17) is 0 Å². The molecule has 2 fully saturated rings. The van der Waals surface area contributed by atoms with Crippen molar-refractivity contribution in [2.45, 2.75) is 39.3 Å². The zero-order valence-electron chi connectivity index (χ0n) is 9.09. The molecule has 2 heteroatoms. The van der Waals surface area contributed by atoms with E-state index in [0.29, 0.717) is 0 Å². The van der Waals surface area contributed by atoms with Gasteiger partial charge in [-0.05, 0) is 45.2 Å². The van der Waals surface area contributed by atoms with Gasteiger partial charge in [0.05, 0.1) is 0 Å². The average Bonchev–Trinajstić information content (AvgIpc) is 2.68. The van der Waals surface area contributed by atoms with Crippen LogP contribution in [0, 0.1) is 11.8 Å². The van der Waals surface area contributed by atoms with Crippen LogP contribution >= 0.6 is 0 Å². The van der Waals surface area contributed by atoms with Gasteiger partial charge in [0, 0.05) is 18.6 Å². The van der Waals surface area contributed by atoms with Gasteiger partial charge >= 0.3 is 0 Å². The molecule has 0 aromatic heterocycles. The Labute approximate surface area is 81.7 Å². The van der Waals surface area contributed by atoms with Crippen LogP contribution in [0.5, 0.6) is 0 Å². The Kier molecular flexibility index (Phi) is 2.61. The molecule has 76 valence electrons. The van der Waals surface area contributed by atoms with Crippen LogP contribution < -0.4 is 5.32 Å². The summed E-state index contributed by atoms with van der Waals surface area (Å²) < 4.78 is 0. The minimum absolute atomic E-state index is 0.778. The third-order valence-corrected chi connectivity index (χ3v) is 4.14. The minimum atomic E-state index is 0.778. The number of likely N-dealkylation sites (tertiary alicyclic amines) is 1. The quantitative estimate of drug-likeness (QED) is 0.693. The molecule has 2 rings (SSSR count). The van der Waals surface area contributed by atoms with Gasteiger partial charge < -0.3 is 5.32 Å². The molecule has 2 nitrogen and oxygen atoms in total. The third kappa shape index (κ3) is 1.50. The predicted octanol–water partition coefficient (Wildman–Crippen LogP) is 1.32. The summed E-state index contributed by atoms with van der Waals surface area (Å²) in [5.74, 6) is 1.86. The molecule has 0 amide bonds. The van der Waals surface area contributed by atoms with Crippen LogP contribution in [0.1, 0.15) is 27.2 Å². The van der Waals surface area contributed by atoms with Crippen LogP contribution in [0.3, 0.4) is 0 Å². The first-order valence-corrected chi connectivity index (χ1v) is 5.70. The van der Waals surface area contributed by atoms with Gasteiger partial charge in [0.15, 0.2) is 0 Å². The SMILES string of the molecule is CCC(C)N1CC2CNCC2C1C. The minimum Gasteiger partial charge on any atom is -0.316 e. The summed E-state index contributed by atoms with van der Waals surface area (Å²) in [5.41, 5.74) is 0. The lowest BCUT2D eigenvalue weighted by Crippen LogP contribution is -2.39. The van der Waals surface area contributed by atoms with Gasteiger partial charge in [-0.2, -0.15) is 0 Å².